The minimum absolute atomic E-state index is 0.0244. The molecule has 1 saturated heterocycles. The highest BCUT2D eigenvalue weighted by Crippen LogP contribution is 2.42. The van der Waals surface area contributed by atoms with Crippen LogP contribution in [0.2, 0.25) is 0 Å². The molecule has 1 fully saturated rings. The van der Waals surface area contributed by atoms with Gasteiger partial charge in [0.25, 0.3) is 11.8 Å². The van der Waals surface area contributed by atoms with Crippen molar-refractivity contribution in [1.82, 2.24) is 20.2 Å². The van der Waals surface area contributed by atoms with Crippen LogP contribution in [-0.4, -0.2) is 61.9 Å². The molecule has 3 amide bonds. The maximum Gasteiger partial charge on any atom is 0.356 e. The number of nitrogens with zero attached hydrogens (tertiary/aromatic N) is 4. The van der Waals surface area contributed by atoms with E-state index in [1.54, 1.807) is 24.4 Å². The first-order valence-corrected chi connectivity index (χ1v) is 16.6. The summed E-state index contributed by atoms with van der Waals surface area (Å²) in [7, 11) is 0. The number of fused-ring (bicyclic) bond motifs is 1. The van der Waals surface area contributed by atoms with Crippen LogP contribution < -0.4 is 10.6 Å². The first-order valence-electron chi connectivity index (χ1n) is 14.7. The molecule has 0 aliphatic carbocycles. The van der Waals surface area contributed by atoms with Gasteiger partial charge in [0.1, 0.15) is 22.8 Å². The molecular formula is C34H28N6O6S2. The standard InChI is InChI=1S/C34H28N6O6S2/c1-2-21-18-47-32-27(38-30(42)26(25-19-48-34(37-25)36-20-41)39-45-17-24-15-9-10-16-35-24)31(43)40(32)28(21)33(44)46-29(22-11-5-3-6-12-22)23-13-7-4-8-14-23/h2-16,19-20,27,29,32H,1,17-18H2,(H,38,42)(H,36,37,41)/b39-26+/t27?,32-/m1/s1. The zero-order valence-corrected chi connectivity index (χ0v) is 26.9. The number of anilines is 1. The number of esters is 1. The van der Waals surface area contributed by atoms with Crippen LogP contribution in [0, 0.1) is 0 Å². The van der Waals surface area contributed by atoms with Crippen molar-refractivity contribution in [2.75, 3.05) is 11.1 Å². The summed E-state index contributed by atoms with van der Waals surface area (Å²) in [5.74, 6) is -1.56. The number of amides is 3. The van der Waals surface area contributed by atoms with Crippen LogP contribution in [0.3, 0.4) is 0 Å². The summed E-state index contributed by atoms with van der Waals surface area (Å²) in [6, 6.07) is 23.0. The molecule has 1 unspecified atom stereocenters. The Morgan fingerprint density at radius 1 is 1.06 bits per heavy atom. The molecule has 14 heteroatoms. The smallest absolute Gasteiger partial charge is 0.356 e. The fraction of sp³-hybridized carbons (Fsp3) is 0.147. The van der Waals surface area contributed by atoms with Crippen molar-refractivity contribution in [3.63, 3.8) is 0 Å². The van der Waals surface area contributed by atoms with E-state index in [0.717, 1.165) is 22.5 Å². The van der Waals surface area contributed by atoms with Crippen molar-refractivity contribution in [3.8, 4) is 0 Å². The summed E-state index contributed by atoms with van der Waals surface area (Å²) in [5.41, 5.74) is 2.67. The Balaban J connectivity index is 1.21. The van der Waals surface area contributed by atoms with Gasteiger partial charge in [-0.3, -0.25) is 24.3 Å². The van der Waals surface area contributed by atoms with Crippen LogP contribution in [0.5, 0.6) is 0 Å². The average Bonchev–Trinajstić information content (AvgIpc) is 3.59. The summed E-state index contributed by atoms with van der Waals surface area (Å²) in [5, 5.41) is 10.4. The highest BCUT2D eigenvalue weighted by molar-refractivity contribution is 8.00. The minimum atomic E-state index is -0.983. The van der Waals surface area contributed by atoms with E-state index < -0.39 is 35.3 Å². The van der Waals surface area contributed by atoms with Gasteiger partial charge in [0.05, 0.1) is 5.69 Å². The van der Waals surface area contributed by atoms with Gasteiger partial charge in [0.2, 0.25) is 6.41 Å². The molecule has 0 spiro atoms. The number of nitrogens with one attached hydrogen (secondary N) is 2. The van der Waals surface area contributed by atoms with E-state index in [4.69, 9.17) is 9.57 Å². The lowest BCUT2D eigenvalue weighted by atomic mass is 10.0. The third-order valence-electron chi connectivity index (χ3n) is 7.39. The van der Waals surface area contributed by atoms with Crippen molar-refractivity contribution in [3.05, 3.63) is 137 Å². The van der Waals surface area contributed by atoms with Gasteiger partial charge in [0.15, 0.2) is 23.6 Å². The first kappa shape index (κ1) is 32.3. The van der Waals surface area contributed by atoms with Crippen LogP contribution in [-0.2, 0) is 35.4 Å². The molecule has 4 aromatic rings. The molecule has 12 nitrogen and oxygen atoms in total. The summed E-state index contributed by atoms with van der Waals surface area (Å²) in [6.07, 6.45) is 2.88. The number of rotatable bonds is 13. The molecule has 2 N–H and O–H groups in total. The highest BCUT2D eigenvalue weighted by atomic mass is 32.2. The average molecular weight is 681 g/mol. The zero-order valence-electron chi connectivity index (χ0n) is 25.2. The van der Waals surface area contributed by atoms with E-state index in [9.17, 15) is 19.2 Å². The normalized spacial score (nSPS) is 17.2. The summed E-state index contributed by atoms with van der Waals surface area (Å²) < 4.78 is 6.10. The second-order valence-corrected chi connectivity index (χ2v) is 12.3. The Hall–Kier alpha value is -5.60. The van der Waals surface area contributed by atoms with Crippen LogP contribution in [0.25, 0.3) is 0 Å². The van der Waals surface area contributed by atoms with E-state index in [1.165, 1.54) is 28.1 Å². The first-order chi connectivity index (χ1) is 23.5. The number of pyridine rings is 1. The van der Waals surface area contributed by atoms with Gasteiger partial charge in [0, 0.05) is 17.3 Å². The molecule has 6 rings (SSSR count). The quantitative estimate of drug-likeness (QED) is 0.0696. The number of hydrogen-bond donors (Lipinski definition) is 2. The minimum Gasteiger partial charge on any atom is -0.448 e. The van der Waals surface area contributed by atoms with Crippen LogP contribution in [0.15, 0.2) is 120 Å². The van der Waals surface area contributed by atoms with Gasteiger partial charge >= 0.3 is 5.97 Å². The molecule has 0 saturated carbocycles. The predicted octanol–water partition coefficient (Wildman–Crippen LogP) is 4.20. The molecular weight excluding hydrogens is 653 g/mol. The van der Waals surface area contributed by atoms with Gasteiger partial charge < -0.3 is 20.2 Å². The number of thiazole rings is 1. The Morgan fingerprint density at radius 2 is 1.77 bits per heavy atom. The Morgan fingerprint density at radius 3 is 2.42 bits per heavy atom. The molecule has 2 aromatic carbocycles. The van der Waals surface area contributed by atoms with E-state index >= 15 is 0 Å². The van der Waals surface area contributed by atoms with E-state index in [-0.39, 0.29) is 28.8 Å². The lowest BCUT2D eigenvalue weighted by Crippen LogP contribution is -2.71. The van der Waals surface area contributed by atoms with Gasteiger partial charge in [-0.25, -0.2) is 9.78 Å². The van der Waals surface area contributed by atoms with E-state index in [2.05, 4.69) is 32.3 Å². The highest BCUT2D eigenvalue weighted by Gasteiger charge is 2.54. The lowest BCUT2D eigenvalue weighted by Gasteiger charge is -2.49. The lowest BCUT2D eigenvalue weighted by molar-refractivity contribution is -0.154. The molecule has 2 aromatic heterocycles. The number of hydrogen-bond acceptors (Lipinski definition) is 11. The van der Waals surface area contributed by atoms with Crippen molar-refractivity contribution in [2.45, 2.75) is 24.1 Å². The number of carbonyl (C=O) groups is 4. The van der Waals surface area contributed by atoms with Gasteiger partial charge in [-0.1, -0.05) is 84.5 Å². The monoisotopic (exact) mass is 680 g/mol. The van der Waals surface area contributed by atoms with Gasteiger partial charge in [-0.05, 0) is 28.8 Å². The molecule has 242 valence electrons. The van der Waals surface area contributed by atoms with Gasteiger partial charge in [-0.15, -0.1) is 23.1 Å². The molecule has 2 aliphatic heterocycles. The fourth-order valence-electron chi connectivity index (χ4n) is 5.10. The number of oxime groups is 1. The van der Waals surface area contributed by atoms with Crippen molar-refractivity contribution < 1.29 is 28.8 Å². The number of allylic oxidation sites excluding steroid dienone is 1. The number of thioether (sulfide) groups is 1. The largest absolute Gasteiger partial charge is 0.448 e. The van der Waals surface area contributed by atoms with Crippen LogP contribution in [0.1, 0.15) is 28.6 Å². The van der Waals surface area contributed by atoms with Crippen molar-refractivity contribution in [1.29, 1.82) is 0 Å². The van der Waals surface area contributed by atoms with Crippen molar-refractivity contribution in [2.24, 2.45) is 5.16 Å². The maximum absolute atomic E-state index is 13.9. The third-order valence-corrected chi connectivity index (χ3v) is 9.47. The maximum atomic E-state index is 13.9. The third kappa shape index (κ3) is 6.89. The second-order valence-electron chi connectivity index (χ2n) is 10.4. The molecule has 2 aliphatic rings. The topological polar surface area (TPSA) is 152 Å². The van der Waals surface area contributed by atoms with Crippen LogP contribution in [0.4, 0.5) is 5.13 Å². The number of β-lactam (4-membered cyclic amide) rings is 1. The number of benzene rings is 2. The number of carbonyl (C=O) groups excluding carboxylic acids is 4. The Labute approximate surface area is 283 Å². The second kappa shape index (κ2) is 14.9. The fourth-order valence-corrected chi connectivity index (χ4v) is 7.09. The SMILES string of the molecule is C=CC1=C(C(=O)OC(c2ccccc2)c2ccccc2)N2C(=O)C(NC(=O)/C(=N/OCc3ccccn3)c3csc(NC=O)n3)[C@H]2SC1. The number of ether oxygens (including phenoxy) is 1. The van der Waals surface area contributed by atoms with Crippen LogP contribution >= 0.6 is 23.1 Å². The molecule has 0 radical (unpaired) electrons. The summed E-state index contributed by atoms with van der Waals surface area (Å²) in [6.45, 7) is 3.83. The molecule has 48 heavy (non-hydrogen) atoms. The summed E-state index contributed by atoms with van der Waals surface area (Å²) >= 11 is 2.46. The Kier molecular flexibility index (Phi) is 10.0. The van der Waals surface area contributed by atoms with E-state index in [0.29, 0.717) is 23.4 Å². The number of aromatic nitrogens is 2. The van der Waals surface area contributed by atoms with E-state index in [1.807, 2.05) is 60.7 Å². The predicted molar refractivity (Wildman–Crippen MR) is 180 cm³/mol. The zero-order chi connectivity index (χ0) is 33.5. The Bertz CT molecular complexity index is 1840. The molecule has 4 heterocycles. The van der Waals surface area contributed by atoms with Crippen molar-refractivity contribution >= 4 is 58.1 Å². The molecule has 2 atom stereocenters. The summed E-state index contributed by atoms with van der Waals surface area (Å²) in [4.78, 5) is 67.3. The van der Waals surface area contributed by atoms with Gasteiger partial charge in [-0.2, -0.15) is 0 Å². The molecule has 0 bridgehead atoms.